The molecule has 1 aromatic heterocycles. The van der Waals surface area contributed by atoms with E-state index in [2.05, 4.69) is 51.4 Å². The Morgan fingerprint density at radius 3 is 1.46 bits per heavy atom. The number of aromatic nitrogens is 2. The van der Waals surface area contributed by atoms with Gasteiger partial charge >= 0.3 is 0 Å². The zero-order chi connectivity index (χ0) is 46.1. The fourth-order valence-corrected chi connectivity index (χ4v) is 7.82. The molecular weight excluding hydrogens is 817 g/mol. The third-order valence-electron chi connectivity index (χ3n) is 9.46. The minimum Gasteiger partial charge on any atom is -0.458 e. The summed E-state index contributed by atoms with van der Waals surface area (Å²) in [5, 5.41) is 26.3. The van der Waals surface area contributed by atoms with Gasteiger partial charge in [0.15, 0.2) is 17.3 Å². The molecule has 63 heavy (non-hydrogen) atoms. The lowest BCUT2D eigenvalue weighted by atomic mass is 9.99. The molecule has 8 nitrogen and oxygen atoms in total. The molecule has 0 unspecified atom stereocenters. The van der Waals surface area contributed by atoms with Gasteiger partial charge in [-0.1, -0.05) is 95.0 Å². The number of thiocyanates is 2. The molecule has 0 amide bonds. The molecule has 0 saturated heterocycles. The van der Waals surface area contributed by atoms with Crippen molar-refractivity contribution >= 4 is 57.0 Å². The second kappa shape index (κ2) is 24.1. The van der Waals surface area contributed by atoms with Gasteiger partial charge in [-0.2, -0.15) is 10.5 Å². The maximum atomic E-state index is 9.66. The number of allylic oxidation sites excluding steroid dienone is 10. The average Bonchev–Trinajstić information content (AvgIpc) is 3.62. The summed E-state index contributed by atoms with van der Waals surface area (Å²) in [6, 6.07) is 24.5. The van der Waals surface area contributed by atoms with Crippen LogP contribution in [0.4, 0.5) is 22.7 Å². The van der Waals surface area contributed by atoms with Crippen molar-refractivity contribution in [3.05, 3.63) is 157 Å². The molecule has 10 heteroatoms. The highest BCUT2D eigenvalue weighted by molar-refractivity contribution is 8.06. The summed E-state index contributed by atoms with van der Waals surface area (Å²) >= 11 is 1.81. The van der Waals surface area contributed by atoms with Crippen molar-refractivity contribution < 1.29 is 9.47 Å². The van der Waals surface area contributed by atoms with Gasteiger partial charge < -0.3 is 19.3 Å². The van der Waals surface area contributed by atoms with E-state index in [4.69, 9.17) is 19.4 Å². The van der Waals surface area contributed by atoms with Crippen LogP contribution in [0.2, 0.25) is 0 Å². The first kappa shape index (κ1) is 48.9. The highest BCUT2D eigenvalue weighted by Gasteiger charge is 2.33. The van der Waals surface area contributed by atoms with Crippen LogP contribution in [0.25, 0.3) is 33.3 Å². The van der Waals surface area contributed by atoms with Crippen molar-refractivity contribution in [2.24, 2.45) is 0 Å². The monoisotopic (exact) mass is 872 g/mol. The van der Waals surface area contributed by atoms with E-state index in [9.17, 15) is 10.5 Å². The number of hydrogen-bond acceptors (Lipinski definition) is 10. The summed E-state index contributed by atoms with van der Waals surface area (Å²) in [5.74, 6) is 2.86. The lowest BCUT2D eigenvalue weighted by molar-refractivity contribution is 0.414. The molecule has 2 aliphatic heterocycles. The van der Waals surface area contributed by atoms with Crippen molar-refractivity contribution in [3.63, 3.8) is 0 Å². The van der Waals surface area contributed by atoms with Crippen LogP contribution in [0.3, 0.4) is 0 Å². The Morgan fingerprint density at radius 2 is 1.03 bits per heavy atom. The first-order chi connectivity index (χ1) is 30.8. The molecule has 3 heterocycles. The molecule has 5 aromatic rings. The predicted molar refractivity (Wildman–Crippen MR) is 269 cm³/mol. The summed E-state index contributed by atoms with van der Waals surface area (Å²) in [7, 11) is 0. The quantitative estimate of drug-likeness (QED) is 0.0876. The van der Waals surface area contributed by atoms with Gasteiger partial charge in [0.1, 0.15) is 26.6 Å². The molecule has 1 aliphatic carbocycles. The Hall–Kier alpha value is -6.72. The number of nitrogens with zero attached hydrogens (tertiary/aromatic N) is 6. The third kappa shape index (κ3) is 10.3. The third-order valence-corrected chi connectivity index (χ3v) is 10.7. The number of thioether (sulfide) groups is 2. The molecule has 4 aromatic carbocycles. The number of rotatable bonds is 7. The van der Waals surface area contributed by atoms with Crippen molar-refractivity contribution in [1.82, 2.24) is 9.97 Å². The smallest absolute Gasteiger partial charge is 0.151 e. The van der Waals surface area contributed by atoms with Crippen LogP contribution in [-0.4, -0.2) is 9.97 Å². The number of fused-ring (bicyclic) bond motifs is 5. The van der Waals surface area contributed by atoms with Gasteiger partial charge in [0.05, 0.1) is 34.2 Å². The maximum absolute atomic E-state index is 9.66. The van der Waals surface area contributed by atoms with Crippen molar-refractivity contribution in [2.75, 3.05) is 9.80 Å². The molecule has 0 bridgehead atoms. The normalized spacial score (nSPS) is 13.0. The van der Waals surface area contributed by atoms with Gasteiger partial charge in [-0.25, -0.2) is 9.97 Å². The summed E-state index contributed by atoms with van der Waals surface area (Å²) in [4.78, 5) is 14.4. The van der Waals surface area contributed by atoms with E-state index < -0.39 is 0 Å². The molecule has 3 aliphatic rings. The number of nitriles is 2. The van der Waals surface area contributed by atoms with Crippen LogP contribution in [0.1, 0.15) is 76.2 Å². The molecule has 0 spiro atoms. The Bertz CT molecular complexity index is 2690. The van der Waals surface area contributed by atoms with Crippen molar-refractivity contribution in [2.45, 2.75) is 86.2 Å². The molecule has 0 fully saturated rings. The lowest BCUT2D eigenvalue weighted by Crippen LogP contribution is -2.23. The Kier molecular flexibility index (Phi) is 18.7. The molecule has 322 valence electrons. The second-order valence-electron chi connectivity index (χ2n) is 13.0. The highest BCUT2D eigenvalue weighted by atomic mass is 32.2. The van der Waals surface area contributed by atoms with Crippen LogP contribution >= 0.6 is 23.5 Å². The van der Waals surface area contributed by atoms with Crippen LogP contribution in [0.5, 0.6) is 11.5 Å². The SMILES string of the molecule is C/C=C\C.C/C=C\C.C=CC1=C(/C=C\C)N(c2cc3c4c(cc(N5C(/C=C\C)=C(C)Oc6ccccc65)cc4c2)-c2nc(SC#N)c(SC#N)nc2-3)c2ccccc2O1.CC.CC. The minimum absolute atomic E-state index is 0.394. The second-order valence-corrected chi connectivity index (χ2v) is 14.6. The van der Waals surface area contributed by atoms with E-state index in [1.54, 1.807) is 6.08 Å². The zero-order valence-electron chi connectivity index (χ0n) is 38.1. The number of ether oxygens (including phenoxy) is 2. The van der Waals surface area contributed by atoms with Crippen LogP contribution in [0.15, 0.2) is 167 Å². The lowest BCUT2D eigenvalue weighted by Gasteiger charge is -2.34. The van der Waals surface area contributed by atoms with Gasteiger partial charge in [0, 0.05) is 51.4 Å². The summed E-state index contributed by atoms with van der Waals surface area (Å²) < 4.78 is 12.6. The molecule has 0 radical (unpaired) electrons. The minimum atomic E-state index is 0.394. The zero-order valence-corrected chi connectivity index (χ0v) is 39.8. The van der Waals surface area contributed by atoms with Crippen LogP contribution in [0, 0.1) is 21.3 Å². The van der Waals surface area contributed by atoms with Gasteiger partial charge in [0.2, 0.25) is 0 Å². The number of anilines is 4. The Morgan fingerprint density at radius 1 is 0.603 bits per heavy atom. The van der Waals surface area contributed by atoms with Gasteiger partial charge in [-0.05, 0) is 121 Å². The van der Waals surface area contributed by atoms with Crippen LogP contribution < -0.4 is 19.3 Å². The first-order valence-electron chi connectivity index (χ1n) is 21.1. The fraction of sp³-hybridized carbons (Fsp3) is 0.208. The number of para-hydroxylation sites is 4. The molecule has 0 atom stereocenters. The van der Waals surface area contributed by atoms with E-state index in [1.165, 1.54) is 0 Å². The van der Waals surface area contributed by atoms with Crippen LogP contribution in [-0.2, 0) is 0 Å². The van der Waals surface area contributed by atoms with Gasteiger partial charge in [-0.3, -0.25) is 0 Å². The molecule has 8 rings (SSSR count). The predicted octanol–water partition coefficient (Wildman–Crippen LogP) is 16.5. The largest absolute Gasteiger partial charge is 0.458 e. The highest BCUT2D eigenvalue weighted by Crippen LogP contribution is 2.54. The van der Waals surface area contributed by atoms with E-state index in [-0.39, 0.29) is 0 Å². The van der Waals surface area contributed by atoms with Crippen molar-refractivity contribution in [3.8, 4) is 44.8 Å². The van der Waals surface area contributed by atoms with E-state index in [0.717, 1.165) is 91.1 Å². The molecular formula is C53H56N6O2S2. The maximum Gasteiger partial charge on any atom is 0.151 e. The first-order valence-corrected chi connectivity index (χ1v) is 22.7. The summed E-state index contributed by atoms with van der Waals surface area (Å²) in [5.41, 5.74) is 8.37. The number of benzene rings is 4. The van der Waals surface area contributed by atoms with E-state index in [0.29, 0.717) is 32.9 Å². The summed E-state index contributed by atoms with van der Waals surface area (Å²) in [6.45, 7) is 26.0. The van der Waals surface area contributed by atoms with E-state index >= 15 is 0 Å². The van der Waals surface area contributed by atoms with E-state index in [1.807, 2.05) is 173 Å². The average molecular weight is 873 g/mol. The standard InChI is InChI=1S/C41H28N6O2S2.2C4H8.2C2H6/c1-5-12-30-24(4)48-35-16-10-8-14-32(35)46(30)26-18-25-19-27(47-31(13-6-2)34(7-3)49-36-17-11-9-15-33(36)47)21-29-37(25)28(20-26)38-39(29)45-41(51-23-43)40(44-38)50-22-42;2*1-3-4-2;2*1-2/h5-21H,3H2,1-2,4H3;2*3-4H,1-2H3;2*1-2H3/b12-5-,13-6-;2*4-3-;;. The Balaban J connectivity index is 0.000000656. The fourth-order valence-electron chi connectivity index (χ4n) is 6.85. The van der Waals surface area contributed by atoms with Crippen molar-refractivity contribution in [1.29, 1.82) is 10.5 Å². The number of hydrogen-bond donors (Lipinski definition) is 0. The Labute approximate surface area is 383 Å². The van der Waals surface area contributed by atoms with Gasteiger partial charge in [-0.15, -0.1) is 0 Å². The molecule has 0 N–H and O–H groups in total. The topological polar surface area (TPSA) is 98.3 Å². The molecule has 0 saturated carbocycles. The summed E-state index contributed by atoms with van der Waals surface area (Å²) in [6.07, 6.45) is 17.8. The van der Waals surface area contributed by atoms with Gasteiger partial charge in [0.25, 0.3) is 0 Å².